The van der Waals surface area contributed by atoms with Crippen LogP contribution < -0.4 is 5.32 Å². The maximum Gasteiger partial charge on any atom is 0.0491 e. The molecule has 3 heteroatoms. The molecule has 1 unspecified atom stereocenters. The van der Waals surface area contributed by atoms with Gasteiger partial charge in [-0.1, -0.05) is 13.8 Å². The highest BCUT2D eigenvalue weighted by molar-refractivity contribution is 4.86. The first kappa shape index (κ1) is 15.3. The Bertz CT molecular complexity index is 253. The summed E-state index contributed by atoms with van der Waals surface area (Å²) in [5, 5.41) is 3.57. The Morgan fingerprint density at radius 1 is 1.21 bits per heavy atom. The van der Waals surface area contributed by atoms with Crippen molar-refractivity contribution in [3.8, 4) is 0 Å². The molecule has 0 spiro atoms. The molecule has 2 saturated heterocycles. The van der Waals surface area contributed by atoms with Crippen molar-refractivity contribution in [2.24, 2.45) is 17.3 Å². The number of piperidine rings is 2. The van der Waals surface area contributed by atoms with Crippen molar-refractivity contribution in [2.45, 2.75) is 39.5 Å². The van der Waals surface area contributed by atoms with Gasteiger partial charge in [-0.25, -0.2) is 0 Å². The molecule has 0 aromatic rings. The molecule has 0 amide bonds. The van der Waals surface area contributed by atoms with Gasteiger partial charge in [0, 0.05) is 20.3 Å². The Morgan fingerprint density at radius 3 is 2.53 bits per heavy atom. The number of nitrogens with one attached hydrogen (secondary N) is 1. The lowest BCUT2D eigenvalue weighted by Crippen LogP contribution is -2.47. The zero-order chi connectivity index (χ0) is 13.7. The van der Waals surface area contributed by atoms with Crippen LogP contribution in [0.2, 0.25) is 0 Å². The first-order chi connectivity index (χ1) is 9.12. The third-order valence-electron chi connectivity index (χ3n) is 5.14. The summed E-state index contributed by atoms with van der Waals surface area (Å²) in [4.78, 5) is 2.68. The van der Waals surface area contributed by atoms with Gasteiger partial charge in [0.2, 0.25) is 0 Å². The monoisotopic (exact) mass is 268 g/mol. The van der Waals surface area contributed by atoms with E-state index < -0.39 is 0 Å². The van der Waals surface area contributed by atoms with Gasteiger partial charge in [-0.3, -0.25) is 0 Å². The van der Waals surface area contributed by atoms with E-state index in [4.69, 9.17) is 4.74 Å². The molecule has 2 aliphatic heterocycles. The van der Waals surface area contributed by atoms with Gasteiger partial charge >= 0.3 is 0 Å². The van der Waals surface area contributed by atoms with E-state index in [2.05, 4.69) is 24.1 Å². The van der Waals surface area contributed by atoms with Crippen LogP contribution in [-0.2, 0) is 4.74 Å². The molecule has 112 valence electrons. The highest BCUT2D eigenvalue weighted by Gasteiger charge is 2.33. The average molecular weight is 268 g/mol. The van der Waals surface area contributed by atoms with Crippen LogP contribution >= 0.6 is 0 Å². The van der Waals surface area contributed by atoms with Crippen LogP contribution in [0.1, 0.15) is 39.5 Å². The van der Waals surface area contributed by atoms with Crippen molar-refractivity contribution in [3.05, 3.63) is 0 Å². The number of likely N-dealkylation sites (tertiary alicyclic amines) is 1. The molecular weight excluding hydrogens is 236 g/mol. The second kappa shape index (κ2) is 7.05. The summed E-state index contributed by atoms with van der Waals surface area (Å²) in [7, 11) is 1.82. The smallest absolute Gasteiger partial charge is 0.0491 e. The molecule has 2 fully saturated rings. The van der Waals surface area contributed by atoms with Crippen LogP contribution in [-0.4, -0.2) is 51.3 Å². The lowest BCUT2D eigenvalue weighted by atomic mass is 9.74. The van der Waals surface area contributed by atoms with Crippen LogP contribution in [0.3, 0.4) is 0 Å². The number of ether oxygens (including phenoxy) is 1. The van der Waals surface area contributed by atoms with E-state index in [0.29, 0.717) is 5.41 Å². The van der Waals surface area contributed by atoms with E-state index in [0.717, 1.165) is 18.4 Å². The van der Waals surface area contributed by atoms with Crippen LogP contribution in [0.15, 0.2) is 0 Å². The average Bonchev–Trinajstić information content (AvgIpc) is 2.42. The molecule has 0 aliphatic carbocycles. The fraction of sp³-hybridized carbons (Fsp3) is 1.00. The predicted octanol–water partition coefficient (Wildman–Crippen LogP) is 2.37. The van der Waals surface area contributed by atoms with Gasteiger partial charge in [-0.15, -0.1) is 0 Å². The molecule has 0 aromatic carbocycles. The predicted molar refractivity (Wildman–Crippen MR) is 80.4 cm³/mol. The van der Waals surface area contributed by atoms with Gasteiger partial charge in [-0.2, -0.15) is 0 Å². The minimum Gasteiger partial charge on any atom is -0.384 e. The van der Waals surface area contributed by atoms with E-state index in [-0.39, 0.29) is 0 Å². The van der Waals surface area contributed by atoms with Crippen LogP contribution in [0.25, 0.3) is 0 Å². The Morgan fingerprint density at radius 2 is 1.95 bits per heavy atom. The van der Waals surface area contributed by atoms with Gasteiger partial charge in [0.1, 0.15) is 0 Å². The third-order valence-corrected chi connectivity index (χ3v) is 5.14. The van der Waals surface area contributed by atoms with E-state index >= 15 is 0 Å². The maximum absolute atomic E-state index is 5.29. The van der Waals surface area contributed by atoms with Crippen molar-refractivity contribution in [3.63, 3.8) is 0 Å². The molecule has 2 heterocycles. The summed E-state index contributed by atoms with van der Waals surface area (Å²) in [5.74, 6) is 1.64. The highest BCUT2D eigenvalue weighted by atomic mass is 16.5. The van der Waals surface area contributed by atoms with Crippen LogP contribution in [0.5, 0.6) is 0 Å². The second-order valence-corrected chi connectivity index (χ2v) is 7.21. The summed E-state index contributed by atoms with van der Waals surface area (Å²) >= 11 is 0. The molecule has 1 atom stereocenters. The van der Waals surface area contributed by atoms with E-state index in [1.54, 1.807) is 0 Å². The minimum atomic E-state index is 0.446. The fourth-order valence-corrected chi connectivity index (χ4v) is 3.77. The quantitative estimate of drug-likeness (QED) is 0.828. The largest absolute Gasteiger partial charge is 0.384 e. The first-order valence-corrected chi connectivity index (χ1v) is 8.04. The van der Waals surface area contributed by atoms with Crippen LogP contribution in [0.4, 0.5) is 0 Å². The fourth-order valence-electron chi connectivity index (χ4n) is 3.77. The molecule has 2 rings (SSSR count). The first-order valence-electron chi connectivity index (χ1n) is 8.04. The summed E-state index contributed by atoms with van der Waals surface area (Å²) in [6, 6.07) is 0. The molecule has 1 N–H and O–H groups in total. The van der Waals surface area contributed by atoms with Crippen molar-refractivity contribution >= 4 is 0 Å². The minimum absolute atomic E-state index is 0.446. The Balaban J connectivity index is 1.77. The Kier molecular flexibility index (Phi) is 5.67. The van der Waals surface area contributed by atoms with Crippen molar-refractivity contribution in [2.75, 3.05) is 46.4 Å². The molecular formula is C16H32N2O. The van der Waals surface area contributed by atoms with Gasteiger partial charge in [0.25, 0.3) is 0 Å². The van der Waals surface area contributed by atoms with Crippen molar-refractivity contribution in [1.29, 1.82) is 0 Å². The molecule has 2 aliphatic rings. The summed E-state index contributed by atoms with van der Waals surface area (Å²) < 4.78 is 5.29. The number of hydrogen-bond donors (Lipinski definition) is 1. The van der Waals surface area contributed by atoms with Crippen LogP contribution in [0, 0.1) is 17.3 Å². The molecule has 0 bridgehead atoms. The van der Waals surface area contributed by atoms with Crippen molar-refractivity contribution < 1.29 is 4.74 Å². The van der Waals surface area contributed by atoms with Gasteiger partial charge in [0.05, 0.1) is 0 Å². The number of nitrogens with zero attached hydrogens (tertiary/aromatic N) is 1. The lowest BCUT2D eigenvalue weighted by Gasteiger charge is -2.42. The lowest BCUT2D eigenvalue weighted by molar-refractivity contribution is 0.0570. The molecule has 19 heavy (non-hydrogen) atoms. The number of hydrogen-bond acceptors (Lipinski definition) is 3. The third kappa shape index (κ3) is 4.44. The zero-order valence-corrected chi connectivity index (χ0v) is 13.1. The van der Waals surface area contributed by atoms with E-state index in [9.17, 15) is 0 Å². The van der Waals surface area contributed by atoms with E-state index in [1.807, 2.05) is 7.11 Å². The van der Waals surface area contributed by atoms with E-state index in [1.165, 1.54) is 58.4 Å². The number of rotatable bonds is 5. The maximum atomic E-state index is 5.29. The number of methoxy groups -OCH3 is 1. The second-order valence-electron chi connectivity index (χ2n) is 7.21. The Hall–Kier alpha value is -0.120. The summed E-state index contributed by atoms with van der Waals surface area (Å²) in [6.07, 6.45) is 5.38. The van der Waals surface area contributed by atoms with Gasteiger partial charge in [0.15, 0.2) is 0 Å². The SMILES string of the molecule is COCC1CCN(CC(C)(C)C2CCCNC2)CC1. The topological polar surface area (TPSA) is 24.5 Å². The molecule has 3 nitrogen and oxygen atoms in total. The molecule has 0 radical (unpaired) electrons. The normalized spacial score (nSPS) is 27.6. The summed E-state index contributed by atoms with van der Waals surface area (Å²) in [6.45, 7) is 12.1. The zero-order valence-electron chi connectivity index (χ0n) is 13.1. The standard InChI is InChI=1S/C16H32N2O/c1-16(2,15-5-4-8-17-11-15)13-18-9-6-14(7-10-18)12-19-3/h14-15,17H,4-13H2,1-3H3. The van der Waals surface area contributed by atoms with Gasteiger partial charge < -0.3 is 15.0 Å². The molecule has 0 saturated carbocycles. The van der Waals surface area contributed by atoms with Crippen molar-refractivity contribution in [1.82, 2.24) is 10.2 Å². The highest BCUT2D eigenvalue weighted by Crippen LogP contribution is 2.33. The Labute approximate surface area is 119 Å². The molecule has 0 aromatic heterocycles. The van der Waals surface area contributed by atoms with Gasteiger partial charge in [-0.05, 0) is 69.1 Å². The summed E-state index contributed by atoms with van der Waals surface area (Å²) in [5.41, 5.74) is 0.446.